The van der Waals surface area contributed by atoms with Crippen LogP contribution in [0.5, 0.6) is 0 Å². The SMILES string of the molecule is CCOC(=O)C=Cc1cnc2[nH]ncc2c1. The van der Waals surface area contributed by atoms with Gasteiger partial charge in [-0.05, 0) is 24.6 Å². The Morgan fingerprint density at radius 1 is 1.56 bits per heavy atom. The largest absolute Gasteiger partial charge is 0.463 e. The second kappa shape index (κ2) is 4.57. The fourth-order valence-electron chi connectivity index (χ4n) is 1.30. The fraction of sp³-hybridized carbons (Fsp3) is 0.182. The van der Waals surface area contributed by atoms with E-state index in [2.05, 4.69) is 15.2 Å². The van der Waals surface area contributed by atoms with Crippen LogP contribution in [0.3, 0.4) is 0 Å². The molecule has 2 aromatic rings. The van der Waals surface area contributed by atoms with Crippen LogP contribution in [0.2, 0.25) is 0 Å². The van der Waals surface area contributed by atoms with Gasteiger partial charge >= 0.3 is 5.97 Å². The van der Waals surface area contributed by atoms with Crippen molar-refractivity contribution in [3.63, 3.8) is 0 Å². The summed E-state index contributed by atoms with van der Waals surface area (Å²) in [6, 6.07) is 1.89. The second-order valence-electron chi connectivity index (χ2n) is 3.16. The van der Waals surface area contributed by atoms with E-state index >= 15 is 0 Å². The van der Waals surface area contributed by atoms with E-state index in [0.717, 1.165) is 16.6 Å². The van der Waals surface area contributed by atoms with Crippen LogP contribution in [0.15, 0.2) is 24.5 Å². The number of pyridine rings is 1. The molecule has 0 atom stereocenters. The number of carbonyl (C=O) groups excluding carboxylic acids is 1. The van der Waals surface area contributed by atoms with E-state index in [1.165, 1.54) is 6.08 Å². The van der Waals surface area contributed by atoms with Crippen molar-refractivity contribution in [1.29, 1.82) is 0 Å². The Hall–Kier alpha value is -2.17. The van der Waals surface area contributed by atoms with Crippen molar-refractivity contribution in [3.8, 4) is 0 Å². The van der Waals surface area contributed by atoms with Gasteiger partial charge in [0, 0.05) is 17.7 Å². The highest BCUT2D eigenvalue weighted by atomic mass is 16.5. The third kappa shape index (κ3) is 2.25. The molecule has 2 aromatic heterocycles. The molecule has 1 N–H and O–H groups in total. The minimum absolute atomic E-state index is 0.352. The maximum Gasteiger partial charge on any atom is 0.330 e. The number of nitrogens with zero attached hydrogens (tertiary/aromatic N) is 2. The van der Waals surface area contributed by atoms with E-state index in [1.54, 1.807) is 25.4 Å². The van der Waals surface area contributed by atoms with Crippen LogP contribution in [0.4, 0.5) is 0 Å². The maximum absolute atomic E-state index is 11.1. The van der Waals surface area contributed by atoms with E-state index in [4.69, 9.17) is 4.74 Å². The molecular formula is C11H11N3O2. The third-order valence-electron chi connectivity index (χ3n) is 2.01. The van der Waals surface area contributed by atoms with Gasteiger partial charge in [0.1, 0.15) is 0 Å². The Labute approximate surface area is 92.1 Å². The van der Waals surface area contributed by atoms with Gasteiger partial charge in [-0.3, -0.25) is 5.10 Å². The molecule has 0 aliphatic rings. The molecule has 2 heterocycles. The first-order chi connectivity index (χ1) is 7.79. The molecule has 0 radical (unpaired) electrons. The smallest absolute Gasteiger partial charge is 0.330 e. The molecule has 0 fully saturated rings. The second-order valence-corrected chi connectivity index (χ2v) is 3.16. The number of aromatic amines is 1. The molecule has 2 rings (SSSR count). The lowest BCUT2D eigenvalue weighted by atomic mass is 10.2. The summed E-state index contributed by atoms with van der Waals surface area (Å²) in [4.78, 5) is 15.2. The van der Waals surface area contributed by atoms with Crippen molar-refractivity contribution < 1.29 is 9.53 Å². The quantitative estimate of drug-likeness (QED) is 0.625. The first-order valence-electron chi connectivity index (χ1n) is 4.93. The standard InChI is InChI=1S/C11H11N3O2/c1-2-16-10(15)4-3-8-5-9-7-13-14-11(9)12-6-8/h3-7H,2H2,1H3,(H,12,13,14). The summed E-state index contributed by atoms with van der Waals surface area (Å²) in [6.45, 7) is 2.15. The molecule has 0 aromatic carbocycles. The molecular weight excluding hydrogens is 206 g/mol. The molecule has 5 heteroatoms. The van der Waals surface area contributed by atoms with E-state index in [9.17, 15) is 4.79 Å². The van der Waals surface area contributed by atoms with Crippen molar-refractivity contribution in [2.24, 2.45) is 0 Å². The van der Waals surface area contributed by atoms with Crippen LogP contribution >= 0.6 is 0 Å². The summed E-state index contributed by atoms with van der Waals surface area (Å²) < 4.78 is 4.77. The lowest BCUT2D eigenvalue weighted by Crippen LogP contribution is -1.98. The first kappa shape index (κ1) is 10.4. The molecule has 0 saturated carbocycles. The zero-order valence-electron chi connectivity index (χ0n) is 8.80. The number of hydrogen-bond donors (Lipinski definition) is 1. The summed E-state index contributed by atoms with van der Waals surface area (Å²) in [5.41, 5.74) is 1.57. The highest BCUT2D eigenvalue weighted by Gasteiger charge is 1.98. The number of hydrogen-bond acceptors (Lipinski definition) is 4. The highest BCUT2D eigenvalue weighted by molar-refractivity contribution is 5.87. The average molecular weight is 217 g/mol. The summed E-state index contributed by atoms with van der Waals surface area (Å²) in [5, 5.41) is 7.53. The number of aromatic nitrogens is 3. The number of H-pyrrole nitrogens is 1. The lowest BCUT2D eigenvalue weighted by molar-refractivity contribution is -0.137. The molecule has 0 amide bonds. The zero-order valence-corrected chi connectivity index (χ0v) is 8.80. The van der Waals surface area contributed by atoms with Crippen LogP contribution in [0.25, 0.3) is 17.1 Å². The Kier molecular flexibility index (Phi) is 2.95. The Balaban J connectivity index is 2.17. The van der Waals surface area contributed by atoms with Gasteiger partial charge < -0.3 is 4.74 Å². The van der Waals surface area contributed by atoms with Crippen LogP contribution in [0, 0.1) is 0 Å². The zero-order chi connectivity index (χ0) is 11.4. The van der Waals surface area contributed by atoms with Crippen LogP contribution in [-0.2, 0) is 9.53 Å². The minimum atomic E-state index is -0.352. The summed E-state index contributed by atoms with van der Waals surface area (Å²) in [6.07, 6.45) is 6.39. The van der Waals surface area contributed by atoms with Crippen LogP contribution < -0.4 is 0 Å². The summed E-state index contributed by atoms with van der Waals surface area (Å²) in [5.74, 6) is -0.352. The number of ether oxygens (including phenoxy) is 1. The van der Waals surface area contributed by atoms with Crippen LogP contribution in [-0.4, -0.2) is 27.8 Å². The minimum Gasteiger partial charge on any atom is -0.463 e. The third-order valence-corrected chi connectivity index (χ3v) is 2.01. The van der Waals surface area contributed by atoms with Gasteiger partial charge in [-0.15, -0.1) is 0 Å². The van der Waals surface area contributed by atoms with Gasteiger partial charge in [-0.25, -0.2) is 9.78 Å². The number of rotatable bonds is 3. The molecule has 0 unspecified atom stereocenters. The average Bonchev–Trinajstić information content (AvgIpc) is 2.74. The van der Waals surface area contributed by atoms with Gasteiger partial charge in [-0.1, -0.05) is 0 Å². The molecule has 0 saturated heterocycles. The topological polar surface area (TPSA) is 67.9 Å². The van der Waals surface area contributed by atoms with Crippen molar-refractivity contribution in [1.82, 2.24) is 15.2 Å². The number of carbonyl (C=O) groups is 1. The normalized spacial score (nSPS) is 11.1. The van der Waals surface area contributed by atoms with Crippen molar-refractivity contribution in [2.75, 3.05) is 6.61 Å². The predicted molar refractivity (Wildman–Crippen MR) is 59.6 cm³/mol. The molecule has 0 bridgehead atoms. The van der Waals surface area contributed by atoms with Crippen molar-refractivity contribution >= 4 is 23.1 Å². The molecule has 0 aliphatic heterocycles. The van der Waals surface area contributed by atoms with Crippen molar-refractivity contribution in [2.45, 2.75) is 6.92 Å². The maximum atomic E-state index is 11.1. The first-order valence-corrected chi connectivity index (χ1v) is 4.93. The lowest BCUT2D eigenvalue weighted by Gasteiger charge is -1.95. The molecule has 0 spiro atoms. The van der Waals surface area contributed by atoms with Gasteiger partial charge in [0.05, 0.1) is 12.8 Å². The van der Waals surface area contributed by atoms with Gasteiger partial charge in [-0.2, -0.15) is 5.10 Å². The Morgan fingerprint density at radius 2 is 2.44 bits per heavy atom. The van der Waals surface area contributed by atoms with Crippen molar-refractivity contribution in [3.05, 3.63) is 30.1 Å². The Morgan fingerprint density at radius 3 is 3.25 bits per heavy atom. The molecule has 82 valence electrons. The predicted octanol–water partition coefficient (Wildman–Crippen LogP) is 1.53. The van der Waals surface area contributed by atoms with Gasteiger partial charge in [0.25, 0.3) is 0 Å². The molecule has 0 aliphatic carbocycles. The Bertz CT molecular complexity index is 531. The van der Waals surface area contributed by atoms with E-state index in [0.29, 0.717) is 6.61 Å². The van der Waals surface area contributed by atoms with E-state index in [1.807, 2.05) is 6.07 Å². The molecule has 16 heavy (non-hydrogen) atoms. The van der Waals surface area contributed by atoms with Gasteiger partial charge in [0.15, 0.2) is 5.65 Å². The number of fused-ring (bicyclic) bond motifs is 1. The summed E-state index contributed by atoms with van der Waals surface area (Å²) >= 11 is 0. The van der Waals surface area contributed by atoms with E-state index in [-0.39, 0.29) is 5.97 Å². The fourth-order valence-corrected chi connectivity index (χ4v) is 1.30. The van der Waals surface area contributed by atoms with Crippen LogP contribution in [0.1, 0.15) is 12.5 Å². The monoisotopic (exact) mass is 217 g/mol. The van der Waals surface area contributed by atoms with Gasteiger partial charge in [0.2, 0.25) is 0 Å². The summed E-state index contributed by atoms with van der Waals surface area (Å²) in [7, 11) is 0. The van der Waals surface area contributed by atoms with E-state index < -0.39 is 0 Å². The highest BCUT2D eigenvalue weighted by Crippen LogP contribution is 2.10. The molecule has 5 nitrogen and oxygen atoms in total. The number of esters is 1. The number of nitrogens with one attached hydrogen (secondary N) is 1.